The average molecular weight is 171 g/mol. The summed E-state index contributed by atoms with van der Waals surface area (Å²) in [5.74, 6) is 6.92. The third-order valence-corrected chi connectivity index (χ3v) is 1.58. The number of likely N-dealkylation sites (tertiary alicyclic amines) is 1. The van der Waals surface area contributed by atoms with Crippen LogP contribution in [0, 0.1) is 0 Å². The van der Waals surface area contributed by atoms with Gasteiger partial charge in [-0.3, -0.25) is 0 Å². The van der Waals surface area contributed by atoms with Gasteiger partial charge < -0.3 is 4.90 Å². The lowest BCUT2D eigenvalue weighted by Gasteiger charge is -2.20. The number of hydrogen-bond donors (Lipinski definition) is 0. The van der Waals surface area contributed by atoms with Crippen LogP contribution in [0.1, 0.15) is 19.3 Å². The van der Waals surface area contributed by atoms with Crippen molar-refractivity contribution in [2.45, 2.75) is 36.6 Å². The van der Waals surface area contributed by atoms with E-state index in [0.717, 1.165) is 0 Å². The number of hydrogen-bond acceptors (Lipinski definition) is 1. The SMILES string of the molecule is CN1CCCCC1.[CH3][Al]([CH3])[CH3]. The van der Waals surface area contributed by atoms with Crippen molar-refractivity contribution in [2.24, 2.45) is 0 Å². The van der Waals surface area contributed by atoms with Gasteiger partial charge in [-0.25, -0.2) is 0 Å². The standard InChI is InChI=1S/C6H13N.3CH3.Al/c1-7-5-3-2-4-6-7;;;;/h2-6H2,1H3;3*1H3;. The van der Waals surface area contributed by atoms with Crippen LogP contribution < -0.4 is 0 Å². The predicted molar refractivity (Wildman–Crippen MR) is 54.7 cm³/mol. The van der Waals surface area contributed by atoms with Crippen molar-refractivity contribution in [3.05, 3.63) is 0 Å². The van der Waals surface area contributed by atoms with Crippen molar-refractivity contribution in [3.63, 3.8) is 0 Å². The molecule has 2 heteroatoms. The van der Waals surface area contributed by atoms with Crippen LogP contribution in [-0.4, -0.2) is 39.2 Å². The molecule has 1 nitrogen and oxygen atoms in total. The molecule has 0 unspecified atom stereocenters. The van der Waals surface area contributed by atoms with Gasteiger partial charge in [0.15, 0.2) is 0 Å². The number of rotatable bonds is 0. The first kappa shape index (κ1) is 11.5. The van der Waals surface area contributed by atoms with E-state index in [-0.39, 0.29) is 14.1 Å². The lowest BCUT2D eigenvalue weighted by molar-refractivity contribution is 0.277. The Kier molecular flexibility index (Phi) is 7.48. The van der Waals surface area contributed by atoms with Crippen molar-refractivity contribution in [1.82, 2.24) is 4.90 Å². The van der Waals surface area contributed by atoms with Crippen molar-refractivity contribution in [3.8, 4) is 0 Å². The molecule has 0 atom stereocenters. The second kappa shape index (κ2) is 7.16. The first-order valence-electron chi connectivity index (χ1n) is 4.81. The zero-order valence-corrected chi connectivity index (χ0v) is 9.71. The number of nitrogens with zero attached hydrogens (tertiary/aromatic N) is 1. The van der Waals surface area contributed by atoms with Gasteiger partial charge in [0.05, 0.1) is 0 Å². The highest BCUT2D eigenvalue weighted by atomic mass is 27.2. The fourth-order valence-electron chi connectivity index (χ4n) is 1.05. The lowest BCUT2D eigenvalue weighted by Crippen LogP contribution is -2.24. The fraction of sp³-hybridized carbons (Fsp3) is 1.00. The minimum Gasteiger partial charge on any atom is -0.306 e. The molecule has 1 fully saturated rings. The monoisotopic (exact) mass is 171 g/mol. The number of piperidine rings is 1. The molecule has 0 aromatic heterocycles. The van der Waals surface area contributed by atoms with Crippen LogP contribution in [0.25, 0.3) is 0 Å². The highest BCUT2D eigenvalue weighted by Gasteiger charge is 2.02. The van der Waals surface area contributed by atoms with Crippen molar-refractivity contribution < 1.29 is 0 Å². The summed E-state index contributed by atoms with van der Waals surface area (Å²) >= 11 is -0.139. The smallest absolute Gasteiger partial charge is 0.251 e. The molecular formula is C9H22AlN. The van der Waals surface area contributed by atoms with Crippen LogP contribution in [0.15, 0.2) is 0 Å². The normalized spacial score (nSPS) is 18.5. The molecule has 0 aromatic rings. The molecule has 11 heavy (non-hydrogen) atoms. The topological polar surface area (TPSA) is 3.24 Å². The Morgan fingerprint density at radius 1 is 0.909 bits per heavy atom. The Morgan fingerprint density at radius 3 is 1.45 bits per heavy atom. The van der Waals surface area contributed by atoms with E-state index in [0.29, 0.717) is 0 Å². The van der Waals surface area contributed by atoms with E-state index in [9.17, 15) is 0 Å². The molecule has 0 amide bonds. The molecule has 1 aliphatic rings. The van der Waals surface area contributed by atoms with Crippen LogP contribution in [0.3, 0.4) is 0 Å². The Bertz CT molecular complexity index is 74.9. The maximum Gasteiger partial charge on any atom is 0.251 e. The predicted octanol–water partition coefficient (Wildman–Crippen LogP) is 2.47. The maximum absolute atomic E-state index is 2.39. The summed E-state index contributed by atoms with van der Waals surface area (Å²) in [6, 6.07) is 0. The molecule has 0 radical (unpaired) electrons. The first-order valence-corrected chi connectivity index (χ1v) is 8.28. The van der Waals surface area contributed by atoms with E-state index < -0.39 is 0 Å². The molecule has 0 spiro atoms. The molecule has 0 bridgehead atoms. The minimum atomic E-state index is -0.139. The Labute approximate surface area is 76.2 Å². The highest BCUT2D eigenvalue weighted by Crippen LogP contribution is 2.04. The van der Waals surface area contributed by atoms with E-state index in [1.807, 2.05) is 0 Å². The molecule has 1 rings (SSSR count). The van der Waals surface area contributed by atoms with Crippen LogP contribution in [0.2, 0.25) is 17.4 Å². The zero-order valence-electron chi connectivity index (χ0n) is 8.56. The van der Waals surface area contributed by atoms with Gasteiger partial charge in [-0.05, 0) is 33.0 Å². The minimum absolute atomic E-state index is 0.139. The van der Waals surface area contributed by atoms with Crippen molar-refractivity contribution in [1.29, 1.82) is 0 Å². The van der Waals surface area contributed by atoms with E-state index in [1.165, 1.54) is 32.4 Å². The third kappa shape index (κ3) is 10.5. The summed E-state index contributed by atoms with van der Waals surface area (Å²) in [7, 11) is 2.19. The van der Waals surface area contributed by atoms with Gasteiger partial charge in [-0.15, -0.1) is 17.4 Å². The summed E-state index contributed by atoms with van der Waals surface area (Å²) in [6.45, 7) is 2.64. The Balaban J connectivity index is 0.000000218. The molecule has 0 aliphatic carbocycles. The van der Waals surface area contributed by atoms with E-state index in [4.69, 9.17) is 0 Å². The summed E-state index contributed by atoms with van der Waals surface area (Å²) in [4.78, 5) is 2.39. The molecule has 66 valence electrons. The molecule has 1 aliphatic heterocycles. The highest BCUT2D eigenvalue weighted by molar-refractivity contribution is 6.54. The molecule has 0 N–H and O–H groups in total. The molecule has 0 aromatic carbocycles. The van der Waals surface area contributed by atoms with E-state index in [1.54, 1.807) is 0 Å². The fourth-order valence-corrected chi connectivity index (χ4v) is 1.05. The van der Waals surface area contributed by atoms with Gasteiger partial charge in [0.2, 0.25) is 0 Å². The summed E-state index contributed by atoms with van der Waals surface area (Å²) in [5.41, 5.74) is 0. The molecular weight excluding hydrogens is 149 g/mol. The van der Waals surface area contributed by atoms with E-state index >= 15 is 0 Å². The molecule has 0 saturated carbocycles. The van der Waals surface area contributed by atoms with Crippen LogP contribution in [-0.2, 0) is 0 Å². The van der Waals surface area contributed by atoms with Crippen LogP contribution in [0.5, 0.6) is 0 Å². The van der Waals surface area contributed by atoms with Gasteiger partial charge in [0.1, 0.15) is 0 Å². The van der Waals surface area contributed by atoms with Gasteiger partial charge >= 0.3 is 0 Å². The van der Waals surface area contributed by atoms with Crippen LogP contribution >= 0.6 is 0 Å². The third-order valence-electron chi connectivity index (χ3n) is 1.58. The quantitative estimate of drug-likeness (QED) is 0.506. The van der Waals surface area contributed by atoms with Gasteiger partial charge in [0.25, 0.3) is 14.1 Å². The van der Waals surface area contributed by atoms with E-state index in [2.05, 4.69) is 29.3 Å². The van der Waals surface area contributed by atoms with Crippen molar-refractivity contribution >= 4 is 14.1 Å². The van der Waals surface area contributed by atoms with Crippen molar-refractivity contribution in [2.75, 3.05) is 20.1 Å². The van der Waals surface area contributed by atoms with Gasteiger partial charge in [0, 0.05) is 0 Å². The summed E-state index contributed by atoms with van der Waals surface area (Å²) < 4.78 is 0. The second-order valence-corrected chi connectivity index (χ2v) is 7.56. The molecule has 1 heterocycles. The Morgan fingerprint density at radius 2 is 1.27 bits per heavy atom. The maximum atomic E-state index is 2.39. The van der Waals surface area contributed by atoms with Gasteiger partial charge in [-0.1, -0.05) is 6.42 Å². The Hall–Kier alpha value is 0.492. The summed E-state index contributed by atoms with van der Waals surface area (Å²) in [6.07, 6.45) is 4.28. The zero-order chi connectivity index (χ0) is 8.69. The van der Waals surface area contributed by atoms with Crippen LogP contribution in [0.4, 0.5) is 0 Å². The largest absolute Gasteiger partial charge is 0.306 e. The average Bonchev–Trinajstić information content (AvgIpc) is 1.87. The molecule has 1 saturated heterocycles. The summed E-state index contributed by atoms with van der Waals surface area (Å²) in [5, 5.41) is 0. The first-order chi connectivity index (χ1) is 5.13. The lowest BCUT2D eigenvalue weighted by atomic mass is 10.1. The second-order valence-electron chi connectivity index (χ2n) is 4.10. The van der Waals surface area contributed by atoms with Gasteiger partial charge in [-0.2, -0.15) is 0 Å².